The van der Waals surface area contributed by atoms with E-state index >= 15 is 0 Å². The van der Waals surface area contributed by atoms with Crippen molar-refractivity contribution in [2.75, 3.05) is 30.3 Å². The summed E-state index contributed by atoms with van der Waals surface area (Å²) in [4.78, 5) is 36.9. The second-order valence-corrected chi connectivity index (χ2v) is 22.3. The average molecular weight is 765 g/mol. The summed E-state index contributed by atoms with van der Waals surface area (Å²) in [5.74, 6) is -0.513. The molecule has 1 N–H and O–H groups in total. The molecule has 0 saturated carbocycles. The number of fused-ring (bicyclic) bond motifs is 1. The zero-order chi connectivity index (χ0) is 36.9. The lowest BCUT2D eigenvalue weighted by Gasteiger charge is -2.45. The lowest BCUT2D eigenvalue weighted by molar-refractivity contribution is -0.137. The third-order valence-electron chi connectivity index (χ3n) is 8.90. The fourth-order valence-electron chi connectivity index (χ4n) is 5.44. The number of aromatic nitrogens is 2. The summed E-state index contributed by atoms with van der Waals surface area (Å²) in [5.41, 5.74) is -2.42. The fraction of sp³-hybridized carbons (Fsp3) is 0.606. The van der Waals surface area contributed by atoms with Crippen molar-refractivity contribution < 1.29 is 31.5 Å². The number of rotatable bonds is 8. The number of nitrogens with one attached hydrogen (secondary N) is 1. The molecule has 272 valence electrons. The fourth-order valence-corrected chi connectivity index (χ4v) is 9.05. The van der Waals surface area contributed by atoms with Gasteiger partial charge in [-0.3, -0.25) is 4.90 Å². The predicted molar refractivity (Wildman–Crippen MR) is 192 cm³/mol. The number of hydrogen-bond acceptors (Lipinski definition) is 8. The number of halogens is 5. The summed E-state index contributed by atoms with van der Waals surface area (Å²) >= 11 is 8.79. The Labute approximate surface area is 299 Å². The normalized spacial score (nSPS) is 18.7. The van der Waals surface area contributed by atoms with E-state index in [0.29, 0.717) is 4.88 Å². The van der Waals surface area contributed by atoms with E-state index in [9.17, 15) is 27.2 Å². The molecule has 3 aromatic rings. The Hall–Kier alpha value is -2.33. The number of alkyl halides is 3. The minimum Gasteiger partial charge on any atom is -0.444 e. The van der Waals surface area contributed by atoms with Crippen LogP contribution < -0.4 is 10.6 Å². The highest BCUT2D eigenvalue weighted by Gasteiger charge is 2.40. The third-order valence-corrected chi connectivity index (χ3v) is 16.2. The van der Waals surface area contributed by atoms with Crippen LogP contribution in [0.15, 0.2) is 27.2 Å². The predicted octanol–water partition coefficient (Wildman–Crippen LogP) is 9.53. The highest BCUT2D eigenvalue weighted by molar-refractivity contribution is 7.99. The van der Waals surface area contributed by atoms with Crippen molar-refractivity contribution in [2.45, 2.75) is 108 Å². The van der Waals surface area contributed by atoms with Crippen LogP contribution in [0.1, 0.15) is 71.7 Å². The Kier molecular flexibility index (Phi) is 11.6. The number of thioether (sulfide) groups is 1. The summed E-state index contributed by atoms with van der Waals surface area (Å²) in [6, 6.07) is 1.51. The first-order valence-electron chi connectivity index (χ1n) is 16.0. The number of nitrogens with zero attached hydrogens (tertiary/aromatic N) is 3. The number of ether oxygens (including phenoxy) is 1. The molecule has 2 aromatic heterocycles. The summed E-state index contributed by atoms with van der Waals surface area (Å²) < 4.78 is 69.8. The van der Waals surface area contributed by atoms with Gasteiger partial charge in [0.2, 0.25) is 0 Å². The third kappa shape index (κ3) is 9.13. The monoisotopic (exact) mass is 764 g/mol. The molecule has 1 amide bonds. The van der Waals surface area contributed by atoms with Gasteiger partial charge >= 0.3 is 18.0 Å². The second-order valence-electron chi connectivity index (χ2n) is 15.1. The van der Waals surface area contributed by atoms with Crippen molar-refractivity contribution in [2.24, 2.45) is 0 Å². The number of amides is 1. The lowest BCUT2D eigenvalue weighted by atomic mass is 10.1. The SMILES string of the molecule is CC1CN(c2nc(=O)[nH]c3c(SCC(CO[Si](C)(C)C(C)(C)C)c4cc(F)cs4)c(Cl)c(C(F)(F)F)cc23)CC(C)N1C(=O)OC(C)(C)C. The van der Waals surface area contributed by atoms with Gasteiger partial charge in [0.1, 0.15) is 17.2 Å². The minimum atomic E-state index is -4.81. The van der Waals surface area contributed by atoms with Gasteiger partial charge in [-0.1, -0.05) is 32.4 Å². The van der Waals surface area contributed by atoms with Crippen LogP contribution in [0.5, 0.6) is 0 Å². The Morgan fingerprint density at radius 1 is 1.14 bits per heavy atom. The molecule has 3 unspecified atom stereocenters. The van der Waals surface area contributed by atoms with Crippen LogP contribution in [0, 0.1) is 5.82 Å². The summed E-state index contributed by atoms with van der Waals surface area (Å²) in [6.07, 6.45) is -5.32. The van der Waals surface area contributed by atoms with Crippen LogP contribution in [0.3, 0.4) is 0 Å². The zero-order valence-electron chi connectivity index (χ0n) is 29.5. The summed E-state index contributed by atoms with van der Waals surface area (Å²) in [5, 5.41) is 0.810. The highest BCUT2D eigenvalue weighted by atomic mass is 35.5. The second kappa shape index (κ2) is 14.4. The zero-order valence-corrected chi connectivity index (χ0v) is 32.9. The first-order chi connectivity index (χ1) is 22.4. The topological polar surface area (TPSA) is 87.8 Å². The number of thiophene rings is 1. The van der Waals surface area contributed by atoms with Gasteiger partial charge in [-0.05, 0) is 64.9 Å². The van der Waals surface area contributed by atoms with Crippen molar-refractivity contribution in [1.82, 2.24) is 14.9 Å². The van der Waals surface area contributed by atoms with Gasteiger partial charge in [0, 0.05) is 47.0 Å². The molecule has 1 aromatic carbocycles. The van der Waals surface area contributed by atoms with E-state index in [1.165, 1.54) is 22.8 Å². The molecule has 0 bridgehead atoms. The van der Waals surface area contributed by atoms with Gasteiger partial charge in [-0.15, -0.1) is 23.1 Å². The highest BCUT2D eigenvalue weighted by Crippen LogP contribution is 2.46. The van der Waals surface area contributed by atoms with Crippen LogP contribution in [0.4, 0.5) is 28.2 Å². The van der Waals surface area contributed by atoms with E-state index in [-0.39, 0.29) is 58.0 Å². The van der Waals surface area contributed by atoms with Crippen LogP contribution >= 0.6 is 34.7 Å². The molecule has 16 heteroatoms. The lowest BCUT2D eigenvalue weighted by Crippen LogP contribution is -2.59. The molecule has 0 spiro atoms. The molecule has 3 atom stereocenters. The van der Waals surface area contributed by atoms with Gasteiger partial charge in [0.05, 0.1) is 33.1 Å². The summed E-state index contributed by atoms with van der Waals surface area (Å²) in [7, 11) is -2.23. The van der Waals surface area contributed by atoms with Crippen molar-refractivity contribution >= 4 is 65.8 Å². The van der Waals surface area contributed by atoms with Crippen LogP contribution in [0.2, 0.25) is 23.2 Å². The number of carbonyl (C=O) groups excluding carboxylic acids is 1. The maximum Gasteiger partial charge on any atom is 0.417 e. The largest absolute Gasteiger partial charge is 0.444 e. The number of benzene rings is 1. The van der Waals surface area contributed by atoms with Gasteiger partial charge in [-0.2, -0.15) is 18.2 Å². The van der Waals surface area contributed by atoms with E-state index in [0.717, 1.165) is 17.8 Å². The number of anilines is 1. The van der Waals surface area contributed by atoms with E-state index in [2.05, 4.69) is 43.8 Å². The molecule has 1 fully saturated rings. The number of piperazine rings is 1. The van der Waals surface area contributed by atoms with Crippen LogP contribution in [0.25, 0.3) is 10.9 Å². The summed E-state index contributed by atoms with van der Waals surface area (Å²) in [6.45, 7) is 20.0. The van der Waals surface area contributed by atoms with Gasteiger partial charge in [0.25, 0.3) is 0 Å². The molecule has 4 rings (SSSR count). The van der Waals surface area contributed by atoms with Crippen molar-refractivity contribution in [3.63, 3.8) is 0 Å². The maximum absolute atomic E-state index is 14.5. The molecule has 3 heterocycles. The molecule has 1 aliphatic heterocycles. The molecular formula is C33H45ClF4N4O4S2Si. The average Bonchev–Trinajstić information content (AvgIpc) is 3.36. The van der Waals surface area contributed by atoms with Crippen molar-refractivity contribution in [3.05, 3.63) is 49.3 Å². The maximum atomic E-state index is 14.5. The van der Waals surface area contributed by atoms with Crippen molar-refractivity contribution in [3.8, 4) is 0 Å². The quantitative estimate of drug-likeness (QED) is 0.139. The molecule has 1 aliphatic rings. The molecule has 0 aliphatic carbocycles. The van der Waals surface area contributed by atoms with Gasteiger partial charge in [-0.25, -0.2) is 14.0 Å². The van der Waals surface area contributed by atoms with Crippen LogP contribution in [-0.2, 0) is 15.3 Å². The number of carbonyl (C=O) groups is 1. The molecular weight excluding hydrogens is 720 g/mol. The smallest absolute Gasteiger partial charge is 0.417 e. The minimum absolute atomic E-state index is 0.0371. The molecule has 1 saturated heterocycles. The van der Waals surface area contributed by atoms with Gasteiger partial charge < -0.3 is 19.0 Å². The van der Waals surface area contributed by atoms with Crippen LogP contribution in [-0.4, -0.2) is 72.4 Å². The van der Waals surface area contributed by atoms with E-state index in [1.54, 1.807) is 44.4 Å². The molecule has 0 radical (unpaired) electrons. The molecule has 49 heavy (non-hydrogen) atoms. The van der Waals surface area contributed by atoms with Gasteiger partial charge in [0.15, 0.2) is 8.32 Å². The van der Waals surface area contributed by atoms with E-state index < -0.39 is 60.4 Å². The Morgan fingerprint density at radius 2 is 1.76 bits per heavy atom. The number of H-pyrrole nitrogens is 1. The molecule has 8 nitrogen and oxygen atoms in total. The van der Waals surface area contributed by atoms with Crippen molar-refractivity contribution in [1.29, 1.82) is 0 Å². The van der Waals surface area contributed by atoms with E-state index in [4.69, 9.17) is 20.8 Å². The Bertz CT molecular complexity index is 1730. The standard InChI is InChI=1S/C33H45ClF4N4O4S2Si/c1-18-13-41(14-19(2)42(18)30(44)46-31(3,4)5)28-22-12-23(33(36,37)38)25(34)27(26(22)39-29(43)40-28)48-16-20(24-11-21(35)17-47-24)15-45-49(9,10)32(6,7)8/h11-12,17-20H,13-16H2,1-10H3,(H,39,40,43). The number of hydrogen-bond donors (Lipinski definition) is 1. The first-order valence-corrected chi connectivity index (χ1v) is 21.2. The number of aromatic amines is 1. The van der Waals surface area contributed by atoms with E-state index in [1.807, 2.05) is 0 Å². The Morgan fingerprint density at radius 3 is 2.27 bits per heavy atom. The Balaban J connectivity index is 1.76. The first kappa shape index (κ1) is 39.5.